The minimum atomic E-state index is -0.310. The van der Waals surface area contributed by atoms with Gasteiger partial charge in [-0.25, -0.2) is 0 Å². The highest BCUT2D eigenvalue weighted by atomic mass is 16.5. The number of hydrogen-bond donors (Lipinski definition) is 2. The number of ether oxygens (including phenoxy) is 1. The summed E-state index contributed by atoms with van der Waals surface area (Å²) in [4.78, 5) is 26.5. The van der Waals surface area contributed by atoms with E-state index < -0.39 is 0 Å². The van der Waals surface area contributed by atoms with Gasteiger partial charge in [-0.1, -0.05) is 30.3 Å². The summed E-state index contributed by atoms with van der Waals surface area (Å²) in [5, 5.41) is 14.1. The predicted octanol–water partition coefficient (Wildman–Crippen LogP) is 2.35. The maximum absolute atomic E-state index is 12.2. The number of amides is 2. The lowest BCUT2D eigenvalue weighted by Gasteiger charge is -2.27. The van der Waals surface area contributed by atoms with Crippen LogP contribution in [0.25, 0.3) is 11.3 Å². The maximum Gasteiger partial charge on any atom is 0.251 e. The second-order valence-electron chi connectivity index (χ2n) is 7.05. The van der Waals surface area contributed by atoms with Gasteiger partial charge in [0, 0.05) is 29.9 Å². The Morgan fingerprint density at radius 2 is 1.74 bits per heavy atom. The number of carbonyl (C=O) groups is 2. The van der Waals surface area contributed by atoms with Gasteiger partial charge in [0.05, 0.1) is 25.5 Å². The molecule has 0 bridgehead atoms. The molecule has 4 rings (SSSR count). The fraction of sp³-hybridized carbons (Fsp3) is 0.217. The molecule has 0 atom stereocenters. The smallest absolute Gasteiger partial charge is 0.251 e. The van der Waals surface area contributed by atoms with Crippen molar-refractivity contribution in [3.05, 3.63) is 72.3 Å². The van der Waals surface area contributed by atoms with Crippen LogP contribution in [0, 0.1) is 0 Å². The molecule has 0 radical (unpaired) electrons. The molecule has 8 nitrogen and oxygen atoms in total. The molecule has 1 fully saturated rings. The molecule has 2 heterocycles. The lowest BCUT2D eigenvalue weighted by molar-refractivity contribution is -0.115. The van der Waals surface area contributed by atoms with Crippen molar-refractivity contribution in [2.75, 3.05) is 43.1 Å². The summed E-state index contributed by atoms with van der Waals surface area (Å²) in [6.07, 6.45) is 0. The fourth-order valence-corrected chi connectivity index (χ4v) is 3.25. The molecule has 1 aliphatic rings. The Morgan fingerprint density at radius 1 is 0.935 bits per heavy atom. The molecule has 2 N–H and O–H groups in total. The van der Waals surface area contributed by atoms with E-state index in [9.17, 15) is 9.59 Å². The number of carbonyl (C=O) groups excluding carboxylic acids is 2. The van der Waals surface area contributed by atoms with E-state index in [-0.39, 0.29) is 18.4 Å². The van der Waals surface area contributed by atoms with Crippen molar-refractivity contribution in [2.24, 2.45) is 0 Å². The average molecular weight is 417 g/mol. The summed E-state index contributed by atoms with van der Waals surface area (Å²) < 4.78 is 5.36. The van der Waals surface area contributed by atoms with Crippen LogP contribution in [0.4, 0.5) is 11.5 Å². The van der Waals surface area contributed by atoms with Crippen LogP contribution in [-0.4, -0.2) is 54.9 Å². The summed E-state index contributed by atoms with van der Waals surface area (Å²) in [5.74, 6) is 0.223. The highest BCUT2D eigenvalue weighted by molar-refractivity contribution is 5.99. The quantitative estimate of drug-likeness (QED) is 0.639. The highest BCUT2D eigenvalue weighted by Crippen LogP contribution is 2.22. The molecular weight excluding hydrogens is 394 g/mol. The molecule has 1 saturated heterocycles. The Kier molecular flexibility index (Phi) is 6.49. The second kappa shape index (κ2) is 9.82. The number of rotatable bonds is 6. The zero-order chi connectivity index (χ0) is 21.5. The van der Waals surface area contributed by atoms with Gasteiger partial charge < -0.3 is 20.3 Å². The average Bonchev–Trinajstić information content (AvgIpc) is 2.84. The Morgan fingerprint density at radius 3 is 2.48 bits per heavy atom. The van der Waals surface area contributed by atoms with Gasteiger partial charge in [0.25, 0.3) is 5.91 Å². The van der Waals surface area contributed by atoms with Crippen molar-refractivity contribution >= 4 is 23.3 Å². The first-order valence-electron chi connectivity index (χ1n) is 10.1. The largest absolute Gasteiger partial charge is 0.378 e. The summed E-state index contributed by atoms with van der Waals surface area (Å²) >= 11 is 0. The van der Waals surface area contributed by atoms with Crippen LogP contribution < -0.4 is 15.5 Å². The van der Waals surface area contributed by atoms with Crippen molar-refractivity contribution in [3.8, 4) is 11.3 Å². The topological polar surface area (TPSA) is 96.5 Å². The third-order valence-corrected chi connectivity index (χ3v) is 4.87. The van der Waals surface area contributed by atoms with Gasteiger partial charge in [-0.15, -0.1) is 10.2 Å². The van der Waals surface area contributed by atoms with E-state index in [0.717, 1.165) is 24.5 Å². The predicted molar refractivity (Wildman–Crippen MR) is 118 cm³/mol. The van der Waals surface area contributed by atoms with Gasteiger partial charge in [-0.2, -0.15) is 0 Å². The van der Waals surface area contributed by atoms with Crippen LogP contribution in [0.15, 0.2) is 66.7 Å². The van der Waals surface area contributed by atoms with Crippen molar-refractivity contribution in [1.82, 2.24) is 15.5 Å². The summed E-state index contributed by atoms with van der Waals surface area (Å²) in [6, 6.07) is 20.0. The van der Waals surface area contributed by atoms with Gasteiger partial charge in [-0.05, 0) is 36.4 Å². The van der Waals surface area contributed by atoms with Crippen LogP contribution in [-0.2, 0) is 9.53 Å². The minimum Gasteiger partial charge on any atom is -0.378 e. The van der Waals surface area contributed by atoms with E-state index >= 15 is 0 Å². The zero-order valence-corrected chi connectivity index (χ0v) is 17.0. The SMILES string of the molecule is O=C(CNC(=O)c1ccccc1)Nc1cccc(-c2ccc(N3CCOCC3)nn2)c1. The summed E-state index contributed by atoms with van der Waals surface area (Å²) in [5.41, 5.74) is 2.68. The van der Waals surface area contributed by atoms with Crippen LogP contribution in [0.2, 0.25) is 0 Å². The summed E-state index contributed by atoms with van der Waals surface area (Å²) in [7, 11) is 0. The van der Waals surface area contributed by atoms with Crippen molar-refractivity contribution in [1.29, 1.82) is 0 Å². The van der Waals surface area contributed by atoms with E-state index in [1.54, 1.807) is 30.3 Å². The van der Waals surface area contributed by atoms with Gasteiger partial charge >= 0.3 is 0 Å². The molecule has 1 aliphatic heterocycles. The van der Waals surface area contributed by atoms with Crippen LogP contribution >= 0.6 is 0 Å². The third kappa shape index (κ3) is 5.43. The van der Waals surface area contributed by atoms with E-state index in [1.165, 1.54) is 0 Å². The molecule has 0 aliphatic carbocycles. The molecule has 158 valence electrons. The third-order valence-electron chi connectivity index (χ3n) is 4.87. The number of nitrogens with one attached hydrogen (secondary N) is 2. The fourth-order valence-electron chi connectivity index (χ4n) is 3.25. The second-order valence-corrected chi connectivity index (χ2v) is 7.05. The summed E-state index contributed by atoms with van der Waals surface area (Å²) in [6.45, 7) is 2.87. The van der Waals surface area contributed by atoms with Crippen molar-refractivity contribution in [2.45, 2.75) is 0 Å². The first-order chi connectivity index (χ1) is 15.2. The molecule has 2 aromatic carbocycles. The van der Waals surface area contributed by atoms with Crippen molar-refractivity contribution in [3.63, 3.8) is 0 Å². The normalized spacial score (nSPS) is 13.5. The molecule has 0 spiro atoms. The number of morpholine rings is 1. The van der Waals surface area contributed by atoms with Crippen LogP contribution in [0.3, 0.4) is 0 Å². The van der Waals surface area contributed by atoms with Gasteiger partial charge in [0.1, 0.15) is 0 Å². The van der Waals surface area contributed by atoms with Gasteiger partial charge in [-0.3, -0.25) is 9.59 Å². The lowest BCUT2D eigenvalue weighted by atomic mass is 10.1. The molecule has 2 amide bonds. The monoisotopic (exact) mass is 417 g/mol. The van der Waals surface area contributed by atoms with E-state index in [1.807, 2.05) is 36.4 Å². The number of hydrogen-bond acceptors (Lipinski definition) is 6. The van der Waals surface area contributed by atoms with Gasteiger partial charge in [0.2, 0.25) is 5.91 Å². The van der Waals surface area contributed by atoms with E-state index in [0.29, 0.717) is 30.2 Å². The first kappa shape index (κ1) is 20.5. The Labute approximate surface area is 180 Å². The number of anilines is 2. The molecule has 3 aromatic rings. The number of aromatic nitrogens is 2. The van der Waals surface area contributed by atoms with E-state index in [2.05, 4.69) is 25.7 Å². The molecule has 1 aromatic heterocycles. The van der Waals surface area contributed by atoms with Crippen LogP contribution in [0.5, 0.6) is 0 Å². The lowest BCUT2D eigenvalue weighted by Crippen LogP contribution is -2.36. The van der Waals surface area contributed by atoms with Gasteiger partial charge in [0.15, 0.2) is 5.82 Å². The number of nitrogens with zero attached hydrogens (tertiary/aromatic N) is 3. The minimum absolute atomic E-state index is 0.119. The molecule has 31 heavy (non-hydrogen) atoms. The molecule has 0 unspecified atom stereocenters. The Bertz CT molecular complexity index is 1030. The molecule has 0 saturated carbocycles. The van der Waals surface area contributed by atoms with E-state index in [4.69, 9.17) is 4.74 Å². The standard InChI is InChI=1S/C23H23N5O3/c29-22(16-24-23(30)17-5-2-1-3-6-17)25-19-8-4-7-18(15-19)20-9-10-21(27-26-20)28-11-13-31-14-12-28/h1-10,15H,11-14,16H2,(H,24,30)(H,25,29). The molecule has 8 heteroatoms. The Hall–Kier alpha value is -3.78. The first-order valence-corrected chi connectivity index (χ1v) is 10.1. The number of benzene rings is 2. The van der Waals surface area contributed by atoms with Crippen LogP contribution in [0.1, 0.15) is 10.4 Å². The van der Waals surface area contributed by atoms with Crippen molar-refractivity contribution < 1.29 is 14.3 Å². The molecular formula is C23H23N5O3. The highest BCUT2D eigenvalue weighted by Gasteiger charge is 2.13. The zero-order valence-electron chi connectivity index (χ0n) is 17.0. The maximum atomic E-state index is 12.2. The Balaban J connectivity index is 1.35.